The summed E-state index contributed by atoms with van der Waals surface area (Å²) in [5.74, 6) is 1.40. The zero-order valence-electron chi connectivity index (χ0n) is 10.9. The van der Waals surface area contributed by atoms with Crippen molar-refractivity contribution in [2.24, 2.45) is 11.8 Å². The van der Waals surface area contributed by atoms with Crippen LogP contribution in [0.15, 0.2) is 24.1 Å². The van der Waals surface area contributed by atoms with E-state index in [2.05, 4.69) is 20.4 Å². The lowest BCUT2D eigenvalue weighted by atomic mass is 10.0. The van der Waals surface area contributed by atoms with Gasteiger partial charge >= 0.3 is 0 Å². The van der Waals surface area contributed by atoms with Gasteiger partial charge in [0.15, 0.2) is 0 Å². The molecule has 1 aliphatic heterocycles. The number of rotatable bonds is 6. The van der Waals surface area contributed by atoms with Crippen LogP contribution in [0.5, 0.6) is 0 Å². The molecule has 0 aromatic rings. The van der Waals surface area contributed by atoms with E-state index in [1.165, 1.54) is 0 Å². The standard InChI is InChI=1S/C12H20O2S4/c1-5-7-15-16-11-9(3)10(4)12(18(11)14)17(13)8-6-2/h5-6,8-12H,1,7H2,2-4H3/b8-6+/t9-,10-,11+,12+,17?,18+/m0/s1. The molecule has 1 heterocycles. The zero-order valence-corrected chi connectivity index (χ0v) is 14.2. The summed E-state index contributed by atoms with van der Waals surface area (Å²) < 4.78 is 24.4. The van der Waals surface area contributed by atoms with Crippen LogP contribution >= 0.6 is 21.6 Å². The molecular weight excluding hydrogens is 304 g/mol. The van der Waals surface area contributed by atoms with Crippen molar-refractivity contribution in [2.75, 3.05) is 5.75 Å². The average molecular weight is 325 g/mol. The van der Waals surface area contributed by atoms with Gasteiger partial charge in [0, 0.05) is 5.75 Å². The Labute approximate surface area is 123 Å². The van der Waals surface area contributed by atoms with Crippen molar-refractivity contribution in [3.63, 3.8) is 0 Å². The second-order valence-corrected chi connectivity index (χ2v) is 10.5. The Morgan fingerprint density at radius 3 is 2.61 bits per heavy atom. The third-order valence-electron chi connectivity index (χ3n) is 2.99. The summed E-state index contributed by atoms with van der Waals surface area (Å²) in [5.41, 5.74) is 0. The summed E-state index contributed by atoms with van der Waals surface area (Å²) in [6.45, 7) is 9.70. The molecule has 1 aliphatic rings. The van der Waals surface area contributed by atoms with Crippen LogP contribution in [0.1, 0.15) is 20.8 Å². The van der Waals surface area contributed by atoms with Crippen molar-refractivity contribution in [2.45, 2.75) is 29.9 Å². The molecule has 0 N–H and O–H groups in total. The van der Waals surface area contributed by atoms with Gasteiger partial charge in [-0.15, -0.1) is 6.58 Å². The lowest BCUT2D eigenvalue weighted by Crippen LogP contribution is -2.22. The summed E-state index contributed by atoms with van der Waals surface area (Å²) >= 11 is 0. The SMILES string of the molecule is C=CCSS[C@H]1[C@@H](C)[C@H](C)[C@H](S(=O)/C=C/C)[S@@]1=O. The van der Waals surface area contributed by atoms with Gasteiger partial charge in [0.25, 0.3) is 0 Å². The van der Waals surface area contributed by atoms with Crippen molar-refractivity contribution in [3.8, 4) is 0 Å². The third-order valence-corrected chi connectivity index (χ3v) is 11.1. The van der Waals surface area contributed by atoms with E-state index in [9.17, 15) is 8.42 Å². The van der Waals surface area contributed by atoms with Gasteiger partial charge in [-0.05, 0) is 24.2 Å². The lowest BCUT2D eigenvalue weighted by Gasteiger charge is -2.15. The number of hydrogen-bond donors (Lipinski definition) is 0. The second-order valence-electron chi connectivity index (χ2n) is 4.25. The van der Waals surface area contributed by atoms with Gasteiger partial charge in [0.2, 0.25) is 0 Å². The maximum Gasteiger partial charge on any atom is 0.118 e. The fourth-order valence-corrected chi connectivity index (χ4v) is 10.1. The summed E-state index contributed by atoms with van der Waals surface area (Å²) in [5, 5.41) is 1.66. The Kier molecular flexibility index (Phi) is 7.28. The molecule has 0 saturated carbocycles. The second kappa shape index (κ2) is 7.92. The monoisotopic (exact) mass is 324 g/mol. The van der Waals surface area contributed by atoms with Crippen molar-refractivity contribution in [3.05, 3.63) is 24.1 Å². The molecule has 1 rings (SSSR count). The summed E-state index contributed by atoms with van der Waals surface area (Å²) in [7, 11) is 1.17. The molecule has 0 bridgehead atoms. The molecule has 0 aliphatic carbocycles. The zero-order chi connectivity index (χ0) is 13.7. The molecule has 0 aromatic heterocycles. The van der Waals surface area contributed by atoms with E-state index in [0.29, 0.717) is 5.92 Å². The Morgan fingerprint density at radius 1 is 1.39 bits per heavy atom. The van der Waals surface area contributed by atoms with Crippen molar-refractivity contribution < 1.29 is 8.42 Å². The van der Waals surface area contributed by atoms with E-state index in [4.69, 9.17) is 0 Å². The van der Waals surface area contributed by atoms with Crippen LogP contribution in [0.4, 0.5) is 0 Å². The summed E-state index contributed by atoms with van der Waals surface area (Å²) in [6.07, 6.45) is 3.62. The fourth-order valence-electron chi connectivity index (χ4n) is 1.85. The molecule has 0 spiro atoms. The van der Waals surface area contributed by atoms with E-state index in [-0.39, 0.29) is 15.1 Å². The first-order valence-electron chi connectivity index (χ1n) is 5.85. The Morgan fingerprint density at radius 2 is 2.06 bits per heavy atom. The Balaban J connectivity index is 2.76. The number of allylic oxidation sites excluding steroid dienone is 1. The van der Waals surface area contributed by atoms with Crippen molar-refractivity contribution in [1.29, 1.82) is 0 Å². The van der Waals surface area contributed by atoms with Crippen molar-refractivity contribution in [1.82, 2.24) is 0 Å². The van der Waals surface area contributed by atoms with Crippen LogP contribution in [-0.4, -0.2) is 23.3 Å². The van der Waals surface area contributed by atoms with E-state index < -0.39 is 21.6 Å². The molecular formula is C12H20O2S4. The first-order valence-corrected chi connectivity index (χ1v) is 10.8. The highest BCUT2D eigenvalue weighted by Gasteiger charge is 2.47. The first-order chi connectivity index (χ1) is 8.54. The van der Waals surface area contributed by atoms with Gasteiger partial charge in [-0.25, -0.2) is 0 Å². The van der Waals surface area contributed by atoms with Crippen LogP contribution in [0, 0.1) is 11.8 Å². The molecule has 6 heteroatoms. The Hall–Kier alpha value is 0.480. The van der Waals surface area contributed by atoms with E-state index >= 15 is 0 Å². The Bertz CT molecular complexity index is 367. The number of hydrogen-bond acceptors (Lipinski definition) is 4. The minimum atomic E-state index is -1.13. The minimum absolute atomic E-state index is 0.0733. The molecule has 18 heavy (non-hydrogen) atoms. The predicted molar refractivity (Wildman–Crippen MR) is 87.2 cm³/mol. The van der Waals surface area contributed by atoms with E-state index in [1.54, 1.807) is 33.1 Å². The van der Waals surface area contributed by atoms with Crippen LogP contribution in [0.3, 0.4) is 0 Å². The van der Waals surface area contributed by atoms with Crippen LogP contribution < -0.4 is 0 Å². The van der Waals surface area contributed by atoms with Crippen LogP contribution in [0.25, 0.3) is 0 Å². The summed E-state index contributed by atoms with van der Waals surface area (Å²) in [4.78, 5) is 0. The predicted octanol–water partition coefficient (Wildman–Crippen LogP) is 3.52. The van der Waals surface area contributed by atoms with Crippen LogP contribution in [-0.2, 0) is 21.6 Å². The van der Waals surface area contributed by atoms with Gasteiger partial charge < -0.3 is 0 Å². The molecule has 1 unspecified atom stereocenters. The van der Waals surface area contributed by atoms with Gasteiger partial charge in [0.1, 0.15) is 4.58 Å². The van der Waals surface area contributed by atoms with Gasteiger partial charge in [-0.1, -0.05) is 47.6 Å². The highest BCUT2D eigenvalue weighted by atomic mass is 33.1. The van der Waals surface area contributed by atoms with E-state index in [0.717, 1.165) is 5.75 Å². The van der Waals surface area contributed by atoms with Gasteiger partial charge in [0.05, 0.1) is 26.2 Å². The van der Waals surface area contributed by atoms with Gasteiger partial charge in [-0.3, -0.25) is 8.42 Å². The molecule has 104 valence electrons. The highest BCUT2D eigenvalue weighted by Crippen LogP contribution is 2.45. The first kappa shape index (κ1) is 16.5. The summed E-state index contributed by atoms with van der Waals surface area (Å²) in [6, 6.07) is 0. The van der Waals surface area contributed by atoms with E-state index in [1.807, 2.05) is 13.0 Å². The van der Waals surface area contributed by atoms with Crippen molar-refractivity contribution >= 4 is 43.2 Å². The third kappa shape index (κ3) is 3.74. The molecule has 0 aromatic carbocycles. The smallest absolute Gasteiger partial charge is 0.118 e. The minimum Gasteiger partial charge on any atom is -0.257 e. The van der Waals surface area contributed by atoms with Gasteiger partial charge in [-0.2, -0.15) is 0 Å². The lowest BCUT2D eigenvalue weighted by molar-refractivity contribution is 0.466. The molecule has 6 atom stereocenters. The quantitative estimate of drug-likeness (QED) is 0.425. The average Bonchev–Trinajstić information content (AvgIpc) is 2.53. The largest absolute Gasteiger partial charge is 0.257 e. The maximum atomic E-state index is 12.5. The molecule has 0 amide bonds. The molecule has 1 saturated heterocycles. The highest BCUT2D eigenvalue weighted by molar-refractivity contribution is 8.78. The molecule has 1 fully saturated rings. The fraction of sp³-hybridized carbons (Fsp3) is 0.667. The molecule has 0 radical (unpaired) electrons. The normalized spacial score (nSPS) is 38.1. The maximum absolute atomic E-state index is 12.5. The topological polar surface area (TPSA) is 34.1 Å². The molecule has 2 nitrogen and oxygen atoms in total. The van der Waals surface area contributed by atoms with Crippen LogP contribution in [0.2, 0.25) is 0 Å².